The Kier molecular flexibility index (Phi) is 4.86. The molecule has 0 bridgehead atoms. The fourth-order valence-electron chi connectivity index (χ4n) is 1.78. The fourth-order valence-corrected chi connectivity index (χ4v) is 2.01. The molecule has 1 N–H and O–H groups in total. The molecule has 0 aliphatic heterocycles. The van der Waals surface area contributed by atoms with E-state index in [1.807, 2.05) is 43.5 Å². The molecule has 1 aromatic carbocycles. The molecule has 0 atom stereocenters. The van der Waals surface area contributed by atoms with E-state index in [1.165, 1.54) is 0 Å². The van der Waals surface area contributed by atoms with E-state index < -0.39 is 0 Å². The summed E-state index contributed by atoms with van der Waals surface area (Å²) in [4.78, 5) is 4.34. The van der Waals surface area contributed by atoms with Gasteiger partial charge in [0, 0.05) is 29.4 Å². The van der Waals surface area contributed by atoms with E-state index in [4.69, 9.17) is 16.3 Å². The lowest BCUT2D eigenvalue weighted by molar-refractivity contribution is 0.423. The molecule has 1 heterocycles. The number of aromatic nitrogens is 1. The molecule has 21 heavy (non-hydrogen) atoms. The first-order chi connectivity index (χ1) is 9.83. The van der Waals surface area contributed by atoms with Gasteiger partial charge in [-0.1, -0.05) is 17.7 Å². The lowest BCUT2D eigenvalue weighted by Crippen LogP contribution is -2.35. The predicted octanol–water partition coefficient (Wildman–Crippen LogP) is 4.72. The number of ether oxygens (including phenoxy) is 1. The number of hydrogen-bond acceptors (Lipinski definition) is 3. The van der Waals surface area contributed by atoms with Crippen LogP contribution in [0.3, 0.4) is 0 Å². The van der Waals surface area contributed by atoms with Gasteiger partial charge in [-0.2, -0.15) is 0 Å². The molecular formula is C17H21ClN2O. The van der Waals surface area contributed by atoms with Gasteiger partial charge in [0.15, 0.2) is 0 Å². The Morgan fingerprint density at radius 2 is 1.95 bits per heavy atom. The maximum atomic E-state index is 5.93. The van der Waals surface area contributed by atoms with Gasteiger partial charge in [0.25, 0.3) is 0 Å². The van der Waals surface area contributed by atoms with Crippen molar-refractivity contribution in [1.82, 2.24) is 10.3 Å². The molecule has 4 heteroatoms. The van der Waals surface area contributed by atoms with E-state index in [0.717, 1.165) is 23.4 Å². The number of hydrogen-bond donors (Lipinski definition) is 1. The summed E-state index contributed by atoms with van der Waals surface area (Å²) in [6, 6.07) is 9.44. The molecule has 0 aliphatic rings. The first-order valence-corrected chi connectivity index (χ1v) is 7.35. The van der Waals surface area contributed by atoms with Crippen molar-refractivity contribution in [1.29, 1.82) is 0 Å². The summed E-state index contributed by atoms with van der Waals surface area (Å²) in [6.07, 6.45) is 1.83. The summed E-state index contributed by atoms with van der Waals surface area (Å²) in [7, 11) is 0. The van der Waals surface area contributed by atoms with Crippen LogP contribution in [0.2, 0.25) is 5.02 Å². The van der Waals surface area contributed by atoms with E-state index in [0.29, 0.717) is 10.9 Å². The SMILES string of the molecule is Cc1cc(Cl)ccc1Oc1ccc(CNC(C)(C)C)cn1. The van der Waals surface area contributed by atoms with Gasteiger partial charge in [-0.3, -0.25) is 0 Å². The first kappa shape index (κ1) is 15.8. The van der Waals surface area contributed by atoms with Gasteiger partial charge in [0.1, 0.15) is 5.75 Å². The fraction of sp³-hybridized carbons (Fsp3) is 0.353. The minimum Gasteiger partial charge on any atom is -0.439 e. The smallest absolute Gasteiger partial charge is 0.219 e. The molecule has 0 aliphatic carbocycles. The van der Waals surface area contributed by atoms with Gasteiger partial charge in [-0.15, -0.1) is 0 Å². The molecule has 3 nitrogen and oxygen atoms in total. The van der Waals surface area contributed by atoms with Gasteiger partial charge in [-0.05, 0) is 57.0 Å². The Bertz CT molecular complexity index is 603. The Balaban J connectivity index is 2.02. The van der Waals surface area contributed by atoms with Crippen molar-refractivity contribution in [2.75, 3.05) is 0 Å². The van der Waals surface area contributed by atoms with Crippen LogP contribution >= 0.6 is 11.6 Å². The van der Waals surface area contributed by atoms with Crippen molar-refractivity contribution in [3.63, 3.8) is 0 Å². The molecule has 0 radical (unpaired) electrons. The first-order valence-electron chi connectivity index (χ1n) is 6.97. The number of nitrogens with one attached hydrogen (secondary N) is 1. The van der Waals surface area contributed by atoms with Gasteiger partial charge in [0.05, 0.1) is 0 Å². The monoisotopic (exact) mass is 304 g/mol. The summed E-state index contributed by atoms with van der Waals surface area (Å²) >= 11 is 5.93. The van der Waals surface area contributed by atoms with E-state index in [2.05, 4.69) is 31.1 Å². The predicted molar refractivity (Wildman–Crippen MR) is 87.1 cm³/mol. The van der Waals surface area contributed by atoms with Crippen molar-refractivity contribution in [3.05, 3.63) is 52.7 Å². The van der Waals surface area contributed by atoms with Crippen LogP contribution in [0.5, 0.6) is 11.6 Å². The summed E-state index contributed by atoms with van der Waals surface area (Å²) in [6.45, 7) is 9.17. The third kappa shape index (κ3) is 5.03. The second kappa shape index (κ2) is 6.46. The average molecular weight is 305 g/mol. The zero-order valence-corrected chi connectivity index (χ0v) is 13.7. The highest BCUT2D eigenvalue weighted by atomic mass is 35.5. The van der Waals surface area contributed by atoms with Crippen LogP contribution in [-0.4, -0.2) is 10.5 Å². The molecular weight excluding hydrogens is 284 g/mol. The third-order valence-corrected chi connectivity index (χ3v) is 3.21. The second-order valence-corrected chi connectivity index (χ2v) is 6.56. The summed E-state index contributed by atoms with van der Waals surface area (Å²) in [5.74, 6) is 1.35. The second-order valence-electron chi connectivity index (χ2n) is 6.12. The molecule has 0 saturated heterocycles. The van der Waals surface area contributed by atoms with E-state index in [1.54, 1.807) is 0 Å². The van der Waals surface area contributed by atoms with Crippen molar-refractivity contribution in [3.8, 4) is 11.6 Å². The lowest BCUT2D eigenvalue weighted by Gasteiger charge is -2.20. The molecule has 0 unspecified atom stereocenters. The standard InChI is InChI=1S/C17H21ClN2O/c1-12-9-14(18)6-7-15(12)21-16-8-5-13(10-19-16)11-20-17(2,3)4/h5-10,20H,11H2,1-4H3. The van der Waals surface area contributed by atoms with Crippen LogP contribution in [-0.2, 0) is 6.54 Å². The Morgan fingerprint density at radius 3 is 2.52 bits per heavy atom. The summed E-state index contributed by atoms with van der Waals surface area (Å²) < 4.78 is 5.77. The number of benzene rings is 1. The Hall–Kier alpha value is -1.58. The van der Waals surface area contributed by atoms with E-state index >= 15 is 0 Å². The van der Waals surface area contributed by atoms with E-state index in [-0.39, 0.29) is 5.54 Å². The quantitative estimate of drug-likeness (QED) is 0.887. The maximum Gasteiger partial charge on any atom is 0.219 e. The van der Waals surface area contributed by atoms with Crippen LogP contribution in [0.1, 0.15) is 31.9 Å². The van der Waals surface area contributed by atoms with Crippen LogP contribution in [0.25, 0.3) is 0 Å². The van der Waals surface area contributed by atoms with Gasteiger partial charge >= 0.3 is 0 Å². The topological polar surface area (TPSA) is 34.1 Å². The minimum atomic E-state index is 0.0928. The third-order valence-electron chi connectivity index (χ3n) is 2.97. The number of halogens is 1. The number of rotatable bonds is 4. The lowest BCUT2D eigenvalue weighted by atomic mass is 10.1. The molecule has 1 aromatic heterocycles. The molecule has 0 fully saturated rings. The molecule has 0 saturated carbocycles. The van der Waals surface area contributed by atoms with E-state index in [9.17, 15) is 0 Å². The van der Waals surface area contributed by atoms with Crippen LogP contribution in [0.15, 0.2) is 36.5 Å². The summed E-state index contributed by atoms with van der Waals surface area (Å²) in [5, 5.41) is 4.13. The van der Waals surface area contributed by atoms with Gasteiger partial charge in [-0.25, -0.2) is 4.98 Å². The Labute approximate surface area is 131 Å². The maximum absolute atomic E-state index is 5.93. The van der Waals surface area contributed by atoms with Gasteiger partial charge in [0.2, 0.25) is 5.88 Å². The number of aryl methyl sites for hydroxylation is 1. The highest BCUT2D eigenvalue weighted by Crippen LogP contribution is 2.26. The van der Waals surface area contributed by atoms with Crippen molar-refractivity contribution in [2.24, 2.45) is 0 Å². The number of nitrogens with zero attached hydrogens (tertiary/aromatic N) is 1. The van der Waals surface area contributed by atoms with Crippen LogP contribution < -0.4 is 10.1 Å². The molecule has 0 spiro atoms. The van der Waals surface area contributed by atoms with Crippen molar-refractivity contribution in [2.45, 2.75) is 39.8 Å². The largest absolute Gasteiger partial charge is 0.439 e. The molecule has 112 valence electrons. The van der Waals surface area contributed by atoms with Crippen molar-refractivity contribution >= 4 is 11.6 Å². The molecule has 2 rings (SSSR count). The average Bonchev–Trinajstić information content (AvgIpc) is 2.40. The zero-order valence-electron chi connectivity index (χ0n) is 12.9. The van der Waals surface area contributed by atoms with Crippen LogP contribution in [0, 0.1) is 6.92 Å². The summed E-state index contributed by atoms with van der Waals surface area (Å²) in [5.41, 5.74) is 2.21. The normalized spacial score (nSPS) is 11.5. The van der Waals surface area contributed by atoms with Gasteiger partial charge < -0.3 is 10.1 Å². The molecule has 0 amide bonds. The molecule has 2 aromatic rings. The van der Waals surface area contributed by atoms with Crippen molar-refractivity contribution < 1.29 is 4.74 Å². The Morgan fingerprint density at radius 1 is 1.19 bits per heavy atom. The minimum absolute atomic E-state index is 0.0928. The highest BCUT2D eigenvalue weighted by molar-refractivity contribution is 6.30. The zero-order chi connectivity index (χ0) is 15.5. The van der Waals surface area contributed by atoms with Crippen LogP contribution in [0.4, 0.5) is 0 Å². The number of pyridine rings is 1. The highest BCUT2D eigenvalue weighted by Gasteiger charge is 2.09.